The number of aromatic hydroxyl groups is 1. The maximum absolute atomic E-state index is 12.8. The van der Waals surface area contributed by atoms with Crippen LogP contribution in [-0.2, 0) is 25.7 Å². The number of amides is 2. The van der Waals surface area contributed by atoms with E-state index in [9.17, 15) is 19.8 Å². The normalized spacial score (nSPS) is 17.1. The molecular formula is C38H41N7O6S. The lowest BCUT2D eigenvalue weighted by Gasteiger charge is -2.36. The predicted octanol–water partition coefficient (Wildman–Crippen LogP) is 6.31. The number of ether oxygens (including phenoxy) is 2. The number of hydrogen-bond donors (Lipinski definition) is 5. The van der Waals surface area contributed by atoms with Crippen LogP contribution in [0.15, 0.2) is 102 Å². The van der Waals surface area contributed by atoms with Gasteiger partial charge in [-0.1, -0.05) is 66.7 Å². The molecule has 1 saturated heterocycles. The van der Waals surface area contributed by atoms with Gasteiger partial charge in [-0.25, -0.2) is 0 Å². The van der Waals surface area contributed by atoms with Crippen LogP contribution in [0, 0.1) is 0 Å². The van der Waals surface area contributed by atoms with Gasteiger partial charge in [0, 0.05) is 36.3 Å². The molecule has 6 N–H and O–H groups in total. The zero-order valence-corrected chi connectivity index (χ0v) is 29.2. The number of nitrogens with zero attached hydrogens (tertiary/aromatic N) is 4. The highest BCUT2D eigenvalue weighted by molar-refractivity contribution is 7.99. The Morgan fingerprint density at radius 3 is 2.37 bits per heavy atom. The van der Waals surface area contributed by atoms with Crippen molar-refractivity contribution in [1.82, 2.24) is 20.2 Å². The summed E-state index contributed by atoms with van der Waals surface area (Å²) < 4.78 is 14.6. The number of aromatic nitrogens is 4. The van der Waals surface area contributed by atoms with Gasteiger partial charge < -0.3 is 36.1 Å². The topological polar surface area (TPSA) is 187 Å². The van der Waals surface area contributed by atoms with E-state index in [-0.39, 0.29) is 36.4 Å². The van der Waals surface area contributed by atoms with Crippen LogP contribution in [0.4, 0.5) is 17.1 Å². The van der Waals surface area contributed by atoms with Crippen molar-refractivity contribution in [2.24, 2.45) is 0 Å². The smallest absolute Gasteiger partial charge is 0.224 e. The van der Waals surface area contributed by atoms with Gasteiger partial charge in [-0.15, -0.1) is 5.10 Å². The van der Waals surface area contributed by atoms with E-state index < -0.39 is 6.29 Å². The van der Waals surface area contributed by atoms with Crippen LogP contribution in [0.2, 0.25) is 0 Å². The molecule has 6 rings (SSSR count). The largest absolute Gasteiger partial charge is 0.508 e. The number of unbranched alkanes of at least 4 members (excludes halogenated alkanes) is 2. The minimum Gasteiger partial charge on any atom is -0.508 e. The zero-order chi connectivity index (χ0) is 36.3. The van der Waals surface area contributed by atoms with E-state index in [1.807, 2.05) is 60.7 Å². The van der Waals surface area contributed by atoms with Crippen LogP contribution < -0.4 is 16.4 Å². The first-order valence-electron chi connectivity index (χ1n) is 17.1. The predicted molar refractivity (Wildman–Crippen MR) is 198 cm³/mol. The molecule has 0 saturated carbocycles. The molecule has 0 bridgehead atoms. The molecule has 2 amide bonds. The first-order chi connectivity index (χ1) is 25.3. The average Bonchev–Trinajstić information content (AvgIpc) is 3.64. The molecule has 4 aromatic carbocycles. The van der Waals surface area contributed by atoms with Gasteiger partial charge >= 0.3 is 0 Å². The molecule has 52 heavy (non-hydrogen) atoms. The average molecular weight is 724 g/mol. The third kappa shape index (κ3) is 9.94. The van der Waals surface area contributed by atoms with Crippen LogP contribution in [0.1, 0.15) is 67.6 Å². The van der Waals surface area contributed by atoms with Crippen molar-refractivity contribution >= 4 is 40.6 Å². The monoisotopic (exact) mass is 723 g/mol. The highest BCUT2D eigenvalue weighted by Gasteiger charge is 2.33. The summed E-state index contributed by atoms with van der Waals surface area (Å²) in [4.78, 5) is 25.1. The van der Waals surface area contributed by atoms with Gasteiger partial charge in [0.05, 0.1) is 35.9 Å². The summed E-state index contributed by atoms with van der Waals surface area (Å²) in [7, 11) is 0. The second kappa shape index (κ2) is 17.8. The van der Waals surface area contributed by atoms with E-state index in [2.05, 4.69) is 26.2 Å². The SMILES string of the molecule is Nc1ccccc1NC(=O)CCCCCC(=O)Nc1cccc(C2OC(CSc3nnnn3-c3ccc(O)cc3)CC(c3ccc(CO)cc3)O2)c1. The lowest BCUT2D eigenvalue weighted by molar-refractivity contribution is -0.245. The van der Waals surface area contributed by atoms with Gasteiger partial charge in [-0.3, -0.25) is 9.59 Å². The van der Waals surface area contributed by atoms with Crippen molar-refractivity contribution in [1.29, 1.82) is 0 Å². The van der Waals surface area contributed by atoms with Crippen LogP contribution in [0.25, 0.3) is 5.69 Å². The van der Waals surface area contributed by atoms with E-state index in [1.54, 1.807) is 41.1 Å². The summed E-state index contributed by atoms with van der Waals surface area (Å²) in [5.74, 6) is 0.457. The molecule has 0 radical (unpaired) electrons. The molecule has 3 unspecified atom stereocenters. The Balaban J connectivity index is 1.05. The number of rotatable bonds is 15. The van der Waals surface area contributed by atoms with Crippen molar-refractivity contribution in [3.05, 3.63) is 114 Å². The Labute approximate surface area is 305 Å². The summed E-state index contributed by atoms with van der Waals surface area (Å²) >= 11 is 1.45. The quantitative estimate of drug-likeness (QED) is 0.0463. The molecule has 14 heteroatoms. The third-order valence-electron chi connectivity index (χ3n) is 8.53. The second-order valence-electron chi connectivity index (χ2n) is 12.4. The highest BCUT2D eigenvalue weighted by atomic mass is 32.2. The number of thioether (sulfide) groups is 1. The van der Waals surface area contributed by atoms with Crippen LogP contribution in [0.5, 0.6) is 5.75 Å². The number of aliphatic hydroxyl groups is 1. The van der Waals surface area contributed by atoms with Crippen molar-refractivity contribution in [3.63, 3.8) is 0 Å². The van der Waals surface area contributed by atoms with Crippen molar-refractivity contribution in [2.75, 3.05) is 22.1 Å². The van der Waals surface area contributed by atoms with Crippen LogP contribution >= 0.6 is 11.8 Å². The Bertz CT molecular complexity index is 1940. The minimum absolute atomic E-state index is 0.0487. The zero-order valence-electron chi connectivity index (χ0n) is 28.4. The number of para-hydroxylation sites is 2. The molecule has 5 aromatic rings. The van der Waals surface area contributed by atoms with E-state index in [1.165, 1.54) is 11.8 Å². The van der Waals surface area contributed by atoms with Gasteiger partial charge in [0.1, 0.15) is 5.75 Å². The number of nitrogens with one attached hydrogen (secondary N) is 2. The lowest BCUT2D eigenvalue weighted by atomic mass is 10.0. The minimum atomic E-state index is -0.718. The molecule has 1 aliphatic rings. The van der Waals surface area contributed by atoms with Crippen LogP contribution in [-0.4, -0.2) is 54.1 Å². The molecular weight excluding hydrogens is 683 g/mol. The van der Waals surface area contributed by atoms with Crippen molar-refractivity contribution in [3.8, 4) is 11.4 Å². The van der Waals surface area contributed by atoms with Crippen molar-refractivity contribution in [2.45, 2.75) is 68.8 Å². The number of nitrogens with two attached hydrogens (primary N) is 1. The Morgan fingerprint density at radius 2 is 1.62 bits per heavy atom. The van der Waals surface area contributed by atoms with Crippen molar-refractivity contribution < 1.29 is 29.3 Å². The molecule has 1 fully saturated rings. The Kier molecular flexibility index (Phi) is 12.5. The molecule has 1 aliphatic heterocycles. The maximum atomic E-state index is 12.8. The number of aliphatic hydroxyl groups excluding tert-OH is 1. The summed E-state index contributed by atoms with van der Waals surface area (Å²) in [5.41, 5.74) is 10.9. The third-order valence-corrected chi connectivity index (χ3v) is 9.58. The fourth-order valence-corrected chi connectivity index (χ4v) is 6.68. The standard InChI is InChI=1S/C38H41N7O6S/c39-32-9-4-5-10-33(32)41-36(49)12-3-1-2-11-35(48)40-28-8-6-7-27(21-28)37-50-31(22-34(51-37)26-15-13-25(23-46)14-16-26)24-52-38-42-43-44-45(38)29-17-19-30(47)20-18-29/h4-10,13-21,31,34,37,46-47H,1-3,11-12,22-24,39H2,(H,40,48)(H,41,49). The molecule has 13 nitrogen and oxygen atoms in total. The Morgan fingerprint density at radius 1 is 0.865 bits per heavy atom. The van der Waals surface area contributed by atoms with Gasteiger partial charge in [-0.2, -0.15) is 4.68 Å². The van der Waals surface area contributed by atoms with Gasteiger partial charge in [0.15, 0.2) is 6.29 Å². The van der Waals surface area contributed by atoms with Gasteiger partial charge in [0.25, 0.3) is 0 Å². The van der Waals surface area contributed by atoms with E-state index in [0.29, 0.717) is 65.8 Å². The van der Waals surface area contributed by atoms with E-state index >= 15 is 0 Å². The summed E-state index contributed by atoms with van der Waals surface area (Å²) in [6.45, 7) is -0.0487. The fourth-order valence-electron chi connectivity index (χ4n) is 5.77. The maximum Gasteiger partial charge on any atom is 0.224 e. The van der Waals surface area contributed by atoms with E-state index in [4.69, 9.17) is 15.2 Å². The summed E-state index contributed by atoms with van der Waals surface area (Å²) in [6, 6.07) is 28.9. The molecule has 0 spiro atoms. The highest BCUT2D eigenvalue weighted by Crippen LogP contribution is 2.40. The summed E-state index contributed by atoms with van der Waals surface area (Å²) in [5, 5.41) is 37.8. The number of phenols is 1. The number of benzene rings is 4. The molecule has 0 aliphatic carbocycles. The summed E-state index contributed by atoms with van der Waals surface area (Å²) in [6.07, 6.45) is 2.02. The molecule has 3 atom stereocenters. The van der Waals surface area contributed by atoms with E-state index in [0.717, 1.165) is 23.1 Å². The number of anilines is 3. The number of carbonyl (C=O) groups excluding carboxylic acids is 2. The number of phenolic OH excluding ortho intramolecular Hbond substituents is 1. The second-order valence-corrected chi connectivity index (χ2v) is 13.4. The molecule has 2 heterocycles. The van der Waals surface area contributed by atoms with Gasteiger partial charge in [-0.05, 0) is 82.9 Å². The first-order valence-corrected chi connectivity index (χ1v) is 18.1. The molecule has 270 valence electrons. The number of carbonyl (C=O) groups is 2. The number of nitrogen functional groups attached to an aromatic ring is 1. The fraction of sp³-hybridized carbons (Fsp3) is 0.289. The Hall–Kier alpha value is -5.28. The first kappa shape index (κ1) is 36.5. The number of tetrazole rings is 1. The van der Waals surface area contributed by atoms with Gasteiger partial charge in [0.2, 0.25) is 17.0 Å². The lowest BCUT2D eigenvalue weighted by Crippen LogP contribution is -2.31. The van der Waals surface area contributed by atoms with Crippen LogP contribution in [0.3, 0.4) is 0 Å². The molecule has 1 aromatic heterocycles. The number of hydrogen-bond acceptors (Lipinski definition) is 11.